The van der Waals surface area contributed by atoms with Crippen LogP contribution in [0.2, 0.25) is 5.15 Å². The average molecular weight is 296 g/mol. The fraction of sp³-hybridized carbons (Fsp3) is 0.667. The van der Waals surface area contributed by atoms with Crippen molar-refractivity contribution in [1.29, 1.82) is 0 Å². The van der Waals surface area contributed by atoms with E-state index in [1.54, 1.807) is 25.9 Å². The van der Waals surface area contributed by atoms with Crippen LogP contribution in [0.5, 0.6) is 0 Å². The zero-order chi connectivity index (χ0) is 12.6. The number of sulfonamides is 1. The van der Waals surface area contributed by atoms with Crippen molar-refractivity contribution in [3.05, 3.63) is 11.5 Å². The number of aromatic nitrogens is 2. The number of rotatable bonds is 3. The molecular weight excluding hydrogens is 282 g/mol. The summed E-state index contributed by atoms with van der Waals surface area (Å²) in [5.74, 6) is 1.83. The minimum absolute atomic E-state index is 0.0445. The van der Waals surface area contributed by atoms with E-state index in [2.05, 4.69) is 4.98 Å². The fourth-order valence-corrected chi connectivity index (χ4v) is 4.84. The van der Waals surface area contributed by atoms with Crippen LogP contribution < -0.4 is 0 Å². The van der Waals surface area contributed by atoms with E-state index in [4.69, 9.17) is 11.6 Å². The summed E-state index contributed by atoms with van der Waals surface area (Å²) >= 11 is 7.70. The van der Waals surface area contributed by atoms with Crippen molar-refractivity contribution < 1.29 is 8.42 Å². The van der Waals surface area contributed by atoms with E-state index in [9.17, 15) is 8.42 Å². The van der Waals surface area contributed by atoms with E-state index < -0.39 is 10.0 Å². The minimum atomic E-state index is -3.58. The number of halogens is 1. The topological polar surface area (TPSA) is 55.2 Å². The summed E-state index contributed by atoms with van der Waals surface area (Å²) in [6.45, 7) is 0. The number of thioether (sulfide) groups is 1. The van der Waals surface area contributed by atoms with Gasteiger partial charge in [0.05, 0.1) is 6.33 Å². The highest BCUT2D eigenvalue weighted by atomic mass is 35.5. The Kier molecular flexibility index (Phi) is 3.72. The molecule has 1 aliphatic heterocycles. The molecule has 17 heavy (non-hydrogen) atoms. The van der Waals surface area contributed by atoms with Crippen LogP contribution in [0, 0.1) is 0 Å². The molecule has 1 fully saturated rings. The molecule has 1 aromatic heterocycles. The summed E-state index contributed by atoms with van der Waals surface area (Å²) < 4.78 is 27.5. The predicted octanol–water partition coefficient (Wildman–Crippen LogP) is 1.20. The first-order valence-electron chi connectivity index (χ1n) is 5.17. The van der Waals surface area contributed by atoms with Gasteiger partial charge in [0, 0.05) is 25.9 Å². The summed E-state index contributed by atoms with van der Waals surface area (Å²) in [4.78, 5) is 3.87. The molecule has 2 heterocycles. The van der Waals surface area contributed by atoms with E-state index in [0.29, 0.717) is 0 Å². The Hall–Kier alpha value is -0.240. The van der Waals surface area contributed by atoms with Crippen molar-refractivity contribution in [2.24, 2.45) is 7.05 Å². The number of nitrogens with zero attached hydrogens (tertiary/aromatic N) is 3. The maximum atomic E-state index is 12.3. The summed E-state index contributed by atoms with van der Waals surface area (Å²) in [6, 6.07) is 0.0445. The SMILES string of the molecule is CN(C1CCSC1)S(=O)(=O)c1ncn(C)c1Cl. The first-order chi connectivity index (χ1) is 7.94. The predicted molar refractivity (Wildman–Crippen MR) is 68.9 cm³/mol. The van der Waals surface area contributed by atoms with Crippen molar-refractivity contribution in [2.45, 2.75) is 17.5 Å². The molecule has 96 valence electrons. The molecule has 2 rings (SSSR count). The van der Waals surface area contributed by atoms with E-state index in [0.717, 1.165) is 17.9 Å². The lowest BCUT2D eigenvalue weighted by Crippen LogP contribution is -2.37. The number of hydrogen-bond donors (Lipinski definition) is 0. The highest BCUT2D eigenvalue weighted by Crippen LogP contribution is 2.28. The third-order valence-electron chi connectivity index (χ3n) is 2.88. The summed E-state index contributed by atoms with van der Waals surface area (Å²) in [6.07, 6.45) is 2.29. The number of imidazole rings is 1. The van der Waals surface area contributed by atoms with Crippen LogP contribution in [0.4, 0.5) is 0 Å². The van der Waals surface area contributed by atoms with Crippen LogP contribution in [0.25, 0.3) is 0 Å². The first kappa shape index (κ1) is 13.2. The molecule has 1 aliphatic rings. The molecule has 1 atom stereocenters. The van der Waals surface area contributed by atoms with Crippen molar-refractivity contribution in [3.8, 4) is 0 Å². The largest absolute Gasteiger partial charge is 0.324 e. The van der Waals surface area contributed by atoms with E-state index in [1.807, 2.05) is 0 Å². The Balaban J connectivity index is 2.32. The normalized spacial score (nSPS) is 21.3. The van der Waals surface area contributed by atoms with Crippen LogP contribution in [-0.2, 0) is 17.1 Å². The number of hydrogen-bond acceptors (Lipinski definition) is 4. The van der Waals surface area contributed by atoms with Gasteiger partial charge in [-0.05, 0) is 12.2 Å². The lowest BCUT2D eigenvalue weighted by atomic mass is 10.3. The van der Waals surface area contributed by atoms with Gasteiger partial charge >= 0.3 is 0 Å². The smallest absolute Gasteiger partial charge is 0.263 e. The molecule has 0 saturated carbocycles. The molecule has 1 aromatic rings. The monoisotopic (exact) mass is 295 g/mol. The Morgan fingerprint density at radius 2 is 2.35 bits per heavy atom. The zero-order valence-electron chi connectivity index (χ0n) is 9.63. The highest BCUT2D eigenvalue weighted by molar-refractivity contribution is 7.99. The standard InChI is InChI=1S/C9H14ClN3O2S2/c1-12-6-11-9(8(12)10)17(14,15)13(2)7-3-4-16-5-7/h6-7H,3-5H2,1-2H3. The van der Waals surface area contributed by atoms with Crippen molar-refractivity contribution in [2.75, 3.05) is 18.6 Å². The molecule has 8 heteroatoms. The maximum Gasteiger partial charge on any atom is 0.263 e. The second-order valence-electron chi connectivity index (χ2n) is 3.99. The Labute approximate surface area is 110 Å². The molecule has 0 aromatic carbocycles. The molecule has 0 N–H and O–H groups in total. The molecule has 1 saturated heterocycles. The summed E-state index contributed by atoms with van der Waals surface area (Å²) in [5, 5.41) is 0.101. The van der Waals surface area contributed by atoms with Crippen molar-refractivity contribution >= 4 is 33.4 Å². The Morgan fingerprint density at radius 1 is 1.65 bits per heavy atom. The second-order valence-corrected chi connectivity index (χ2v) is 7.41. The Bertz CT molecular complexity index is 508. The average Bonchev–Trinajstić information content (AvgIpc) is 2.89. The lowest BCUT2D eigenvalue weighted by Gasteiger charge is -2.22. The van der Waals surface area contributed by atoms with Crippen molar-refractivity contribution in [1.82, 2.24) is 13.9 Å². The van der Waals surface area contributed by atoms with Crippen LogP contribution in [0.15, 0.2) is 11.4 Å². The summed E-state index contributed by atoms with van der Waals surface area (Å²) in [5.41, 5.74) is 0. The van der Waals surface area contributed by atoms with Gasteiger partial charge in [-0.15, -0.1) is 0 Å². The molecular formula is C9H14ClN3O2S2. The first-order valence-corrected chi connectivity index (χ1v) is 8.14. The molecule has 1 unspecified atom stereocenters. The fourth-order valence-electron chi connectivity index (χ4n) is 1.71. The van der Waals surface area contributed by atoms with Crippen molar-refractivity contribution in [3.63, 3.8) is 0 Å². The molecule has 0 aliphatic carbocycles. The second kappa shape index (κ2) is 4.79. The van der Waals surface area contributed by atoms with Gasteiger partial charge in [-0.3, -0.25) is 0 Å². The summed E-state index contributed by atoms with van der Waals surface area (Å²) in [7, 11) is -0.316. The van der Waals surface area contributed by atoms with Gasteiger partial charge in [0.15, 0.2) is 0 Å². The van der Waals surface area contributed by atoms with Crippen LogP contribution >= 0.6 is 23.4 Å². The molecule has 0 radical (unpaired) electrons. The van der Waals surface area contributed by atoms with Gasteiger partial charge in [-0.1, -0.05) is 11.6 Å². The van der Waals surface area contributed by atoms with Gasteiger partial charge in [0.1, 0.15) is 5.15 Å². The third-order valence-corrected chi connectivity index (χ3v) is 6.42. The molecule has 0 spiro atoms. The van der Waals surface area contributed by atoms with E-state index in [1.165, 1.54) is 15.2 Å². The van der Waals surface area contributed by atoms with Gasteiger partial charge < -0.3 is 4.57 Å². The lowest BCUT2D eigenvalue weighted by molar-refractivity contribution is 0.393. The molecule has 0 amide bonds. The van der Waals surface area contributed by atoms with E-state index >= 15 is 0 Å². The van der Waals surface area contributed by atoms with Crippen LogP contribution in [0.1, 0.15) is 6.42 Å². The van der Waals surface area contributed by atoms with E-state index in [-0.39, 0.29) is 16.2 Å². The highest BCUT2D eigenvalue weighted by Gasteiger charge is 2.33. The minimum Gasteiger partial charge on any atom is -0.324 e. The van der Waals surface area contributed by atoms with Gasteiger partial charge in [-0.2, -0.15) is 16.1 Å². The molecule has 0 bridgehead atoms. The van der Waals surface area contributed by atoms with Crippen LogP contribution in [0.3, 0.4) is 0 Å². The third kappa shape index (κ3) is 2.33. The van der Waals surface area contributed by atoms with Gasteiger partial charge in [0.2, 0.25) is 5.03 Å². The maximum absolute atomic E-state index is 12.3. The zero-order valence-corrected chi connectivity index (χ0v) is 12.0. The van der Waals surface area contributed by atoms with Gasteiger partial charge in [-0.25, -0.2) is 13.4 Å². The molecule has 5 nitrogen and oxygen atoms in total. The van der Waals surface area contributed by atoms with Crippen LogP contribution in [-0.4, -0.2) is 46.9 Å². The van der Waals surface area contributed by atoms with Gasteiger partial charge in [0.25, 0.3) is 10.0 Å². The Morgan fingerprint density at radius 3 is 2.82 bits per heavy atom. The number of aryl methyl sites for hydroxylation is 1. The quantitative estimate of drug-likeness (QED) is 0.841.